The third kappa shape index (κ3) is 12.1. The van der Waals surface area contributed by atoms with Crippen LogP contribution in [0.2, 0.25) is 0 Å². The van der Waals surface area contributed by atoms with Gasteiger partial charge in [0.25, 0.3) is 0 Å². The SMILES string of the molecule is Cc1ccc(-c2ccc(-c3ccc(C)cc3)cc2)cc1.Cc1ccc(-c2ccccc2)cc1.Cc1ccc(C)cc1.Cc1ccc2cc(C)ccc2c1. The topological polar surface area (TPSA) is 0 Å². The van der Waals surface area contributed by atoms with Crippen LogP contribution in [0.25, 0.3) is 44.2 Å². The van der Waals surface area contributed by atoms with E-state index in [0.29, 0.717) is 0 Å². The molecule has 0 aliphatic rings. The van der Waals surface area contributed by atoms with Crippen molar-refractivity contribution in [2.24, 2.45) is 0 Å². The van der Waals surface area contributed by atoms with E-state index in [-0.39, 0.29) is 0 Å². The number of hydrogen-bond donors (Lipinski definition) is 0. The Hall–Kier alpha value is -5.98. The van der Waals surface area contributed by atoms with Crippen LogP contribution >= 0.6 is 0 Å². The fourth-order valence-corrected chi connectivity index (χ4v) is 5.85. The Morgan fingerprint density at radius 1 is 0.189 bits per heavy atom. The third-order valence-electron chi connectivity index (χ3n) is 9.18. The zero-order valence-corrected chi connectivity index (χ0v) is 32.4. The van der Waals surface area contributed by atoms with E-state index in [1.54, 1.807) is 0 Å². The van der Waals surface area contributed by atoms with Gasteiger partial charge in [0.05, 0.1) is 0 Å². The zero-order chi connectivity index (χ0) is 37.6. The molecule has 0 radical (unpaired) electrons. The van der Waals surface area contributed by atoms with E-state index in [1.807, 2.05) is 6.07 Å². The second kappa shape index (κ2) is 19.0. The lowest BCUT2D eigenvalue weighted by Gasteiger charge is -2.06. The Kier molecular flexibility index (Phi) is 13.7. The van der Waals surface area contributed by atoms with Crippen LogP contribution in [0.5, 0.6) is 0 Å². The monoisotopic (exact) mass is 688 g/mol. The van der Waals surface area contributed by atoms with Gasteiger partial charge in [-0.15, -0.1) is 0 Å². The van der Waals surface area contributed by atoms with Crippen LogP contribution in [-0.2, 0) is 0 Å². The number of rotatable bonds is 3. The summed E-state index contributed by atoms with van der Waals surface area (Å²) in [7, 11) is 0. The Morgan fingerprint density at radius 3 is 0.679 bits per heavy atom. The van der Waals surface area contributed by atoms with Crippen molar-refractivity contribution in [1.29, 1.82) is 0 Å². The molecule has 0 heteroatoms. The first kappa shape index (κ1) is 38.3. The van der Waals surface area contributed by atoms with Gasteiger partial charge < -0.3 is 0 Å². The molecule has 0 saturated carbocycles. The first-order valence-electron chi connectivity index (χ1n) is 18.5. The molecule has 0 atom stereocenters. The van der Waals surface area contributed by atoms with Crippen LogP contribution in [0, 0.1) is 48.5 Å². The van der Waals surface area contributed by atoms with E-state index >= 15 is 0 Å². The summed E-state index contributed by atoms with van der Waals surface area (Å²) >= 11 is 0. The summed E-state index contributed by atoms with van der Waals surface area (Å²) in [6.07, 6.45) is 0. The maximum Gasteiger partial charge on any atom is -0.0181 e. The minimum Gasteiger partial charge on any atom is -0.0622 e. The van der Waals surface area contributed by atoms with Gasteiger partial charge in [-0.05, 0) is 92.6 Å². The lowest BCUT2D eigenvalue weighted by atomic mass is 9.99. The van der Waals surface area contributed by atoms with Crippen LogP contribution < -0.4 is 0 Å². The van der Waals surface area contributed by atoms with E-state index in [9.17, 15) is 0 Å². The largest absolute Gasteiger partial charge is 0.0622 e. The molecule has 264 valence electrons. The molecule has 0 aliphatic carbocycles. The molecule has 0 amide bonds. The van der Waals surface area contributed by atoms with Crippen LogP contribution in [0.15, 0.2) is 188 Å². The van der Waals surface area contributed by atoms with Crippen LogP contribution in [0.4, 0.5) is 0 Å². The maximum absolute atomic E-state index is 2.22. The molecule has 0 aromatic heterocycles. The third-order valence-corrected chi connectivity index (χ3v) is 9.18. The van der Waals surface area contributed by atoms with Gasteiger partial charge >= 0.3 is 0 Å². The smallest absolute Gasteiger partial charge is 0.0181 e. The van der Waals surface area contributed by atoms with Gasteiger partial charge in [-0.3, -0.25) is 0 Å². The molecule has 53 heavy (non-hydrogen) atoms. The molecule has 0 spiro atoms. The summed E-state index contributed by atoms with van der Waals surface area (Å²) in [6.45, 7) is 14.8. The zero-order valence-electron chi connectivity index (χ0n) is 32.4. The lowest BCUT2D eigenvalue weighted by molar-refractivity contribution is 1.40. The van der Waals surface area contributed by atoms with Crippen molar-refractivity contribution in [1.82, 2.24) is 0 Å². The molecule has 0 N–H and O–H groups in total. The van der Waals surface area contributed by atoms with Crippen molar-refractivity contribution in [2.75, 3.05) is 0 Å². The predicted octanol–water partition coefficient (Wildman–Crippen LogP) is 15.1. The second-order valence-electron chi connectivity index (χ2n) is 14.1. The average Bonchev–Trinajstić information content (AvgIpc) is 3.18. The maximum atomic E-state index is 2.22. The molecule has 8 rings (SSSR count). The molecule has 8 aromatic rings. The van der Waals surface area contributed by atoms with E-state index in [1.165, 1.54) is 83.1 Å². The van der Waals surface area contributed by atoms with Crippen molar-refractivity contribution in [3.05, 3.63) is 227 Å². The fraction of sp³-hybridized carbons (Fsp3) is 0.132. The summed E-state index contributed by atoms with van der Waals surface area (Å²) in [4.78, 5) is 0. The molecule has 0 aliphatic heterocycles. The van der Waals surface area contributed by atoms with E-state index in [2.05, 4.69) is 230 Å². The predicted molar refractivity (Wildman–Crippen MR) is 233 cm³/mol. The summed E-state index contributed by atoms with van der Waals surface area (Å²) in [6, 6.07) is 66.7. The van der Waals surface area contributed by atoms with Crippen molar-refractivity contribution in [2.45, 2.75) is 48.5 Å². The Morgan fingerprint density at radius 2 is 0.396 bits per heavy atom. The number of hydrogen-bond acceptors (Lipinski definition) is 0. The highest BCUT2D eigenvalue weighted by Crippen LogP contribution is 2.25. The molecule has 0 bridgehead atoms. The Bertz CT molecular complexity index is 2150. The lowest BCUT2D eigenvalue weighted by Crippen LogP contribution is -1.81. The number of fused-ring (bicyclic) bond motifs is 1. The van der Waals surface area contributed by atoms with E-state index in [0.717, 1.165) is 0 Å². The molecule has 8 aromatic carbocycles. The van der Waals surface area contributed by atoms with Crippen LogP contribution in [-0.4, -0.2) is 0 Å². The van der Waals surface area contributed by atoms with Gasteiger partial charge in [-0.25, -0.2) is 0 Å². The van der Waals surface area contributed by atoms with Crippen molar-refractivity contribution in [3.63, 3.8) is 0 Å². The van der Waals surface area contributed by atoms with Gasteiger partial charge in [-0.1, -0.05) is 227 Å². The second-order valence-corrected chi connectivity index (χ2v) is 14.1. The normalized spacial score (nSPS) is 10.2. The summed E-state index contributed by atoms with van der Waals surface area (Å²) < 4.78 is 0. The molecule has 0 saturated heterocycles. The highest BCUT2D eigenvalue weighted by molar-refractivity contribution is 5.83. The van der Waals surface area contributed by atoms with Gasteiger partial charge in [0.2, 0.25) is 0 Å². The molecular weight excluding hydrogens is 637 g/mol. The Labute approximate surface area is 318 Å². The van der Waals surface area contributed by atoms with Gasteiger partial charge in [0, 0.05) is 0 Å². The first-order valence-corrected chi connectivity index (χ1v) is 18.5. The summed E-state index contributed by atoms with van der Waals surface area (Å²) in [5, 5.41) is 2.67. The van der Waals surface area contributed by atoms with Crippen LogP contribution in [0.1, 0.15) is 38.9 Å². The Balaban J connectivity index is 0.000000144. The molecule has 0 nitrogen and oxygen atoms in total. The van der Waals surface area contributed by atoms with Gasteiger partial charge in [-0.2, -0.15) is 0 Å². The first-order chi connectivity index (χ1) is 25.6. The van der Waals surface area contributed by atoms with Crippen molar-refractivity contribution < 1.29 is 0 Å². The number of benzene rings is 8. The molecule has 0 unspecified atom stereocenters. The molecular formula is C53H52. The van der Waals surface area contributed by atoms with Gasteiger partial charge in [0.1, 0.15) is 0 Å². The summed E-state index contributed by atoms with van der Waals surface area (Å²) in [5.41, 5.74) is 16.8. The minimum atomic E-state index is 1.26. The fourth-order valence-electron chi connectivity index (χ4n) is 5.85. The van der Waals surface area contributed by atoms with Crippen LogP contribution in [0.3, 0.4) is 0 Å². The van der Waals surface area contributed by atoms with E-state index in [4.69, 9.17) is 0 Å². The van der Waals surface area contributed by atoms with Crippen molar-refractivity contribution >= 4 is 10.8 Å². The molecule has 0 heterocycles. The molecule has 0 fully saturated rings. The minimum absolute atomic E-state index is 1.26. The van der Waals surface area contributed by atoms with Gasteiger partial charge in [0.15, 0.2) is 0 Å². The standard InChI is InChI=1S/C20H18.C13H12.C12H12.C8H10/c1-15-3-7-17(8-4-15)19-11-13-20(14-12-19)18-9-5-16(2)6-10-18;1-11-7-9-13(10-8-11)12-5-3-2-4-6-12;1-9-3-5-12-8-10(2)4-6-11(12)7-9;1-7-3-5-8(2)6-4-7/h3-14H,1-2H3;2-10H,1H3;3-8H,1-2H3;3-6H,1-2H3. The highest BCUT2D eigenvalue weighted by Gasteiger charge is 2.00. The number of aryl methyl sites for hydroxylation is 7. The quantitative estimate of drug-likeness (QED) is 0.173. The average molecular weight is 689 g/mol. The summed E-state index contributed by atoms with van der Waals surface area (Å²) in [5.74, 6) is 0. The van der Waals surface area contributed by atoms with E-state index < -0.39 is 0 Å². The highest BCUT2D eigenvalue weighted by atomic mass is 14.1. The van der Waals surface area contributed by atoms with Crippen molar-refractivity contribution in [3.8, 4) is 33.4 Å².